The summed E-state index contributed by atoms with van der Waals surface area (Å²) in [6, 6.07) is 8.86. The van der Waals surface area contributed by atoms with E-state index in [9.17, 15) is 0 Å². The van der Waals surface area contributed by atoms with E-state index in [-0.39, 0.29) is 0 Å². The van der Waals surface area contributed by atoms with Gasteiger partial charge in [0.2, 0.25) is 0 Å². The highest BCUT2D eigenvalue weighted by Gasteiger charge is 2.21. The number of benzene rings is 1. The molecule has 0 aromatic heterocycles. The normalized spacial score (nSPS) is 20.6. The maximum Gasteiger partial charge on any atom is 0.119 e. The number of hydrogen-bond acceptors (Lipinski definition) is 2. The Bertz CT molecular complexity index is 432. The van der Waals surface area contributed by atoms with Crippen molar-refractivity contribution >= 4 is 0 Å². The first-order valence-corrected chi connectivity index (χ1v) is 10.7. The van der Waals surface area contributed by atoms with Crippen molar-refractivity contribution in [1.29, 1.82) is 0 Å². The van der Waals surface area contributed by atoms with Gasteiger partial charge in [0.25, 0.3) is 0 Å². The predicted molar refractivity (Wildman–Crippen MR) is 106 cm³/mol. The molecular weight excluding hydrogens is 308 g/mol. The quantitative estimate of drug-likeness (QED) is 0.439. The van der Waals surface area contributed by atoms with Crippen LogP contribution in [0.4, 0.5) is 0 Å². The molecule has 0 radical (unpaired) electrons. The van der Waals surface area contributed by atoms with E-state index >= 15 is 0 Å². The minimum Gasteiger partial charge on any atom is -0.494 e. The minimum atomic E-state index is 0.309. The number of rotatable bonds is 12. The summed E-state index contributed by atoms with van der Waals surface area (Å²) in [6.45, 7) is 3.39. The Balaban J connectivity index is 1.65. The number of aliphatic hydroxyl groups excluding tert-OH is 1. The third-order valence-corrected chi connectivity index (χ3v) is 5.74. The van der Waals surface area contributed by atoms with Gasteiger partial charge in [-0.05, 0) is 74.5 Å². The van der Waals surface area contributed by atoms with Gasteiger partial charge in [0.05, 0.1) is 6.61 Å². The summed E-state index contributed by atoms with van der Waals surface area (Å²) < 4.78 is 5.84. The lowest BCUT2D eigenvalue weighted by molar-refractivity contribution is 0.273. The van der Waals surface area contributed by atoms with E-state index in [0.29, 0.717) is 6.61 Å². The molecule has 0 saturated heterocycles. The van der Waals surface area contributed by atoms with Crippen molar-refractivity contribution in [2.45, 2.75) is 89.9 Å². The Kier molecular flexibility index (Phi) is 10.0. The van der Waals surface area contributed by atoms with Crippen LogP contribution in [-0.2, 0) is 0 Å². The van der Waals surface area contributed by atoms with Crippen molar-refractivity contribution in [2.75, 3.05) is 13.2 Å². The van der Waals surface area contributed by atoms with E-state index in [1.165, 1.54) is 56.9 Å². The first-order valence-electron chi connectivity index (χ1n) is 10.7. The van der Waals surface area contributed by atoms with Crippen molar-refractivity contribution in [2.24, 2.45) is 5.92 Å². The standard InChI is InChI=1S/C23H38O2/c1-2-3-6-9-20-10-12-21(13-11-20)22-14-16-23(17-15-22)25-19-8-5-4-7-18-24/h14-17,20-21,24H,2-13,18-19H2,1H3/t20-,21-. The van der Waals surface area contributed by atoms with Crippen molar-refractivity contribution < 1.29 is 9.84 Å². The molecule has 0 bridgehead atoms. The lowest BCUT2D eigenvalue weighted by atomic mass is 9.77. The fourth-order valence-corrected chi connectivity index (χ4v) is 4.06. The van der Waals surface area contributed by atoms with Crippen molar-refractivity contribution in [3.63, 3.8) is 0 Å². The van der Waals surface area contributed by atoms with E-state index in [1.54, 1.807) is 0 Å². The summed E-state index contributed by atoms with van der Waals surface area (Å²) in [4.78, 5) is 0. The van der Waals surface area contributed by atoms with Crippen LogP contribution in [0.15, 0.2) is 24.3 Å². The number of ether oxygens (including phenoxy) is 1. The summed E-state index contributed by atoms with van der Waals surface area (Å²) in [5.74, 6) is 2.74. The molecular formula is C23H38O2. The summed E-state index contributed by atoms with van der Waals surface area (Å²) in [5.41, 5.74) is 1.50. The Morgan fingerprint density at radius 2 is 1.60 bits per heavy atom. The van der Waals surface area contributed by atoms with Crippen LogP contribution in [-0.4, -0.2) is 18.3 Å². The average molecular weight is 347 g/mol. The molecule has 1 aromatic rings. The van der Waals surface area contributed by atoms with Crippen LogP contribution in [0, 0.1) is 5.92 Å². The molecule has 1 aromatic carbocycles. The van der Waals surface area contributed by atoms with Crippen molar-refractivity contribution in [3.05, 3.63) is 29.8 Å². The second-order valence-corrected chi connectivity index (χ2v) is 7.77. The van der Waals surface area contributed by atoms with Gasteiger partial charge >= 0.3 is 0 Å². The van der Waals surface area contributed by atoms with Gasteiger partial charge in [-0.1, -0.05) is 51.2 Å². The molecule has 0 unspecified atom stereocenters. The highest BCUT2D eigenvalue weighted by atomic mass is 16.5. The molecule has 1 fully saturated rings. The molecule has 1 N–H and O–H groups in total. The van der Waals surface area contributed by atoms with Crippen LogP contribution in [0.1, 0.15) is 95.5 Å². The molecule has 1 aliphatic carbocycles. The van der Waals surface area contributed by atoms with Crippen LogP contribution in [0.3, 0.4) is 0 Å². The maximum absolute atomic E-state index is 8.77. The van der Waals surface area contributed by atoms with Crippen LogP contribution < -0.4 is 4.74 Å². The molecule has 1 saturated carbocycles. The summed E-state index contributed by atoms with van der Waals surface area (Å²) in [7, 11) is 0. The third kappa shape index (κ3) is 7.81. The van der Waals surface area contributed by atoms with Gasteiger partial charge < -0.3 is 9.84 Å². The first kappa shape index (κ1) is 20.3. The topological polar surface area (TPSA) is 29.5 Å². The van der Waals surface area contributed by atoms with E-state index in [0.717, 1.165) is 49.9 Å². The largest absolute Gasteiger partial charge is 0.494 e. The number of hydrogen-bond donors (Lipinski definition) is 1. The van der Waals surface area contributed by atoms with E-state index in [1.807, 2.05) is 0 Å². The minimum absolute atomic E-state index is 0.309. The average Bonchev–Trinajstić information content (AvgIpc) is 2.66. The van der Waals surface area contributed by atoms with Gasteiger partial charge in [0.15, 0.2) is 0 Å². The molecule has 25 heavy (non-hydrogen) atoms. The highest BCUT2D eigenvalue weighted by molar-refractivity contribution is 5.29. The molecule has 142 valence electrons. The second-order valence-electron chi connectivity index (χ2n) is 7.77. The van der Waals surface area contributed by atoms with Crippen molar-refractivity contribution in [3.8, 4) is 5.75 Å². The zero-order valence-electron chi connectivity index (χ0n) is 16.2. The van der Waals surface area contributed by atoms with E-state index in [4.69, 9.17) is 9.84 Å². The molecule has 0 heterocycles. The smallest absolute Gasteiger partial charge is 0.119 e. The van der Waals surface area contributed by atoms with Crippen LogP contribution in [0.25, 0.3) is 0 Å². The number of aliphatic hydroxyl groups is 1. The number of unbranched alkanes of at least 4 members (excludes halogenated alkanes) is 5. The van der Waals surface area contributed by atoms with Crippen molar-refractivity contribution in [1.82, 2.24) is 0 Å². The highest BCUT2D eigenvalue weighted by Crippen LogP contribution is 2.38. The predicted octanol–water partition coefficient (Wildman–Crippen LogP) is 6.47. The monoisotopic (exact) mass is 346 g/mol. The van der Waals surface area contributed by atoms with Crippen LogP contribution in [0.2, 0.25) is 0 Å². The van der Waals surface area contributed by atoms with Gasteiger partial charge in [-0.3, -0.25) is 0 Å². The fraction of sp³-hybridized carbons (Fsp3) is 0.739. The first-order chi connectivity index (χ1) is 12.3. The molecule has 0 amide bonds. The summed E-state index contributed by atoms with van der Waals surface area (Å²) >= 11 is 0. The molecule has 1 aliphatic rings. The molecule has 2 rings (SSSR count). The molecule has 0 aliphatic heterocycles. The van der Waals surface area contributed by atoms with Gasteiger partial charge in [-0.15, -0.1) is 0 Å². The Morgan fingerprint density at radius 3 is 2.28 bits per heavy atom. The van der Waals surface area contributed by atoms with Crippen LogP contribution >= 0.6 is 0 Å². The van der Waals surface area contributed by atoms with Crippen LogP contribution in [0.5, 0.6) is 5.75 Å². The SMILES string of the molecule is CCCCC[C@H]1CC[C@H](c2ccc(OCCCCCCO)cc2)CC1. The lowest BCUT2D eigenvalue weighted by Gasteiger charge is -2.29. The Hall–Kier alpha value is -1.02. The zero-order valence-corrected chi connectivity index (χ0v) is 16.2. The lowest BCUT2D eigenvalue weighted by Crippen LogP contribution is -2.13. The second kappa shape index (κ2) is 12.4. The van der Waals surface area contributed by atoms with E-state index < -0.39 is 0 Å². The third-order valence-electron chi connectivity index (χ3n) is 5.74. The van der Waals surface area contributed by atoms with Gasteiger partial charge in [-0.25, -0.2) is 0 Å². The molecule has 2 nitrogen and oxygen atoms in total. The summed E-state index contributed by atoms with van der Waals surface area (Å²) in [5, 5.41) is 8.77. The zero-order chi connectivity index (χ0) is 17.7. The fourth-order valence-electron chi connectivity index (χ4n) is 4.06. The molecule has 0 atom stereocenters. The van der Waals surface area contributed by atoms with E-state index in [2.05, 4.69) is 31.2 Å². The Labute approximate surface area is 155 Å². The van der Waals surface area contributed by atoms with Gasteiger partial charge in [0, 0.05) is 6.61 Å². The maximum atomic E-state index is 8.77. The molecule has 2 heteroatoms. The van der Waals surface area contributed by atoms with Gasteiger partial charge in [0.1, 0.15) is 5.75 Å². The van der Waals surface area contributed by atoms with Gasteiger partial charge in [-0.2, -0.15) is 0 Å². The summed E-state index contributed by atoms with van der Waals surface area (Å²) in [6.07, 6.45) is 15.4. The Morgan fingerprint density at radius 1 is 0.880 bits per heavy atom. The molecule has 0 spiro atoms.